The van der Waals surface area contributed by atoms with E-state index in [2.05, 4.69) is 25.6 Å². The van der Waals surface area contributed by atoms with Crippen molar-refractivity contribution < 1.29 is 19.5 Å². The quantitative estimate of drug-likeness (QED) is 0.298. The van der Waals surface area contributed by atoms with Crippen LogP contribution < -0.4 is 16.2 Å². The molecule has 3 heterocycles. The summed E-state index contributed by atoms with van der Waals surface area (Å²) in [6.07, 6.45) is 7.07. The standard InChI is InChI=1S/C26H31N7O5/c1-16(2)14-20-23-17(11-12-27-20)28-21(31-23)15-33-13-7-9-19(25(33)36)29-24(35)18(30-26(37)38)8-5-6-10-22(34)32(3)4/h6-7,9-14,18,30H,5,8,15H2,1-4H3,(H,28,31)(H,29,35)(H,37,38)/b10-6+. The fraction of sp³-hybridized carbons (Fsp3) is 0.308. The first kappa shape index (κ1) is 27.8. The highest BCUT2D eigenvalue weighted by molar-refractivity contribution is 5.96. The number of rotatable bonds is 10. The second-order valence-electron chi connectivity index (χ2n) is 9.06. The second kappa shape index (κ2) is 12.5. The molecule has 0 saturated carbocycles. The summed E-state index contributed by atoms with van der Waals surface area (Å²) in [6.45, 7) is 4.05. The number of anilines is 1. The SMILES string of the molecule is CC(C)=Cc1nccc2[nH]c(Cn3cccc(NC(=O)C(CC/C=C/C(=O)N(C)C)NC(=O)O)c3=O)nc12. The number of fused-ring (bicyclic) bond motifs is 1. The van der Waals surface area contributed by atoms with Crippen LogP contribution in [0.2, 0.25) is 0 Å². The number of allylic oxidation sites excluding steroid dienone is 2. The Morgan fingerprint density at radius 1 is 1.24 bits per heavy atom. The maximum atomic E-state index is 13.1. The van der Waals surface area contributed by atoms with Gasteiger partial charge in [-0.3, -0.25) is 19.4 Å². The first-order chi connectivity index (χ1) is 18.0. The Morgan fingerprint density at radius 3 is 2.68 bits per heavy atom. The molecular weight excluding hydrogens is 490 g/mol. The molecule has 3 amide bonds. The number of carbonyl (C=O) groups is 3. The van der Waals surface area contributed by atoms with Crippen LogP contribution in [-0.2, 0) is 16.1 Å². The van der Waals surface area contributed by atoms with Crippen molar-refractivity contribution in [3.8, 4) is 0 Å². The Labute approximate surface area is 219 Å². The number of amides is 3. The Balaban J connectivity index is 1.76. The molecule has 0 aliphatic heterocycles. The predicted molar refractivity (Wildman–Crippen MR) is 144 cm³/mol. The van der Waals surface area contributed by atoms with Gasteiger partial charge in [-0.15, -0.1) is 0 Å². The number of aromatic nitrogens is 4. The van der Waals surface area contributed by atoms with Gasteiger partial charge in [-0.2, -0.15) is 0 Å². The molecule has 0 radical (unpaired) electrons. The van der Waals surface area contributed by atoms with Crippen molar-refractivity contribution in [2.75, 3.05) is 19.4 Å². The molecule has 0 bridgehead atoms. The van der Waals surface area contributed by atoms with E-state index in [1.54, 1.807) is 44.7 Å². The van der Waals surface area contributed by atoms with Gasteiger partial charge in [0, 0.05) is 26.5 Å². The Hall–Kier alpha value is -4.74. The first-order valence-electron chi connectivity index (χ1n) is 11.9. The van der Waals surface area contributed by atoms with E-state index in [0.29, 0.717) is 11.3 Å². The zero-order valence-corrected chi connectivity index (χ0v) is 21.7. The molecule has 38 heavy (non-hydrogen) atoms. The lowest BCUT2D eigenvalue weighted by Gasteiger charge is -2.16. The molecule has 0 aliphatic rings. The van der Waals surface area contributed by atoms with Crippen molar-refractivity contribution in [3.05, 3.63) is 70.2 Å². The van der Waals surface area contributed by atoms with Gasteiger partial charge in [0.05, 0.1) is 17.8 Å². The van der Waals surface area contributed by atoms with E-state index in [1.807, 2.05) is 19.9 Å². The van der Waals surface area contributed by atoms with Crippen molar-refractivity contribution >= 4 is 40.7 Å². The Morgan fingerprint density at radius 2 is 2.00 bits per heavy atom. The molecule has 1 unspecified atom stereocenters. The minimum Gasteiger partial charge on any atom is -0.465 e. The number of likely N-dealkylation sites (N-methyl/N-ethyl adjacent to an activating group) is 1. The van der Waals surface area contributed by atoms with Gasteiger partial charge in [0.1, 0.15) is 23.1 Å². The van der Waals surface area contributed by atoms with Crippen molar-refractivity contribution in [1.82, 2.24) is 29.7 Å². The van der Waals surface area contributed by atoms with E-state index in [9.17, 15) is 19.2 Å². The smallest absolute Gasteiger partial charge is 0.405 e. The summed E-state index contributed by atoms with van der Waals surface area (Å²) in [5.41, 5.74) is 2.78. The van der Waals surface area contributed by atoms with Crippen LogP contribution in [0.1, 0.15) is 38.2 Å². The van der Waals surface area contributed by atoms with Gasteiger partial charge in [0.2, 0.25) is 11.8 Å². The summed E-state index contributed by atoms with van der Waals surface area (Å²) in [7, 11) is 3.21. The molecular formula is C26H31N7O5. The molecule has 12 heteroatoms. The van der Waals surface area contributed by atoms with Gasteiger partial charge in [0.15, 0.2) is 0 Å². The fourth-order valence-corrected chi connectivity index (χ4v) is 3.61. The largest absolute Gasteiger partial charge is 0.465 e. The van der Waals surface area contributed by atoms with Crippen molar-refractivity contribution in [2.45, 2.75) is 39.3 Å². The zero-order valence-electron chi connectivity index (χ0n) is 21.7. The van der Waals surface area contributed by atoms with Crippen molar-refractivity contribution in [1.29, 1.82) is 0 Å². The summed E-state index contributed by atoms with van der Waals surface area (Å²) in [5.74, 6) is -0.377. The van der Waals surface area contributed by atoms with Crippen LogP contribution in [0.3, 0.4) is 0 Å². The lowest BCUT2D eigenvalue weighted by atomic mass is 10.1. The molecule has 0 spiro atoms. The van der Waals surface area contributed by atoms with Crippen molar-refractivity contribution in [2.24, 2.45) is 0 Å². The van der Waals surface area contributed by atoms with E-state index < -0.39 is 23.6 Å². The van der Waals surface area contributed by atoms with Crippen molar-refractivity contribution in [3.63, 3.8) is 0 Å². The lowest BCUT2D eigenvalue weighted by molar-refractivity contribution is -0.123. The molecule has 0 aliphatic carbocycles. The molecule has 3 aromatic rings. The summed E-state index contributed by atoms with van der Waals surface area (Å²) >= 11 is 0. The third-order valence-corrected chi connectivity index (χ3v) is 5.44. The van der Waals surface area contributed by atoms with E-state index in [-0.39, 0.29) is 31.0 Å². The van der Waals surface area contributed by atoms with E-state index in [1.165, 1.54) is 21.6 Å². The number of hydrogen-bond donors (Lipinski definition) is 4. The van der Waals surface area contributed by atoms with Crippen LogP contribution in [0, 0.1) is 0 Å². The number of carboxylic acid groups (broad SMARTS) is 1. The molecule has 1 atom stereocenters. The number of pyridine rings is 2. The summed E-state index contributed by atoms with van der Waals surface area (Å²) < 4.78 is 1.39. The number of nitrogens with zero attached hydrogens (tertiary/aromatic N) is 4. The van der Waals surface area contributed by atoms with Crippen LogP contribution in [0.15, 0.2) is 53.1 Å². The predicted octanol–water partition coefficient (Wildman–Crippen LogP) is 2.59. The third kappa shape index (κ3) is 7.38. The number of aromatic amines is 1. The van der Waals surface area contributed by atoms with Crippen LogP contribution in [0.25, 0.3) is 17.1 Å². The van der Waals surface area contributed by atoms with Gasteiger partial charge < -0.3 is 30.2 Å². The third-order valence-electron chi connectivity index (χ3n) is 5.44. The average molecular weight is 522 g/mol. The number of H-pyrrole nitrogens is 1. The molecule has 12 nitrogen and oxygen atoms in total. The second-order valence-corrected chi connectivity index (χ2v) is 9.06. The number of nitrogens with one attached hydrogen (secondary N) is 3. The average Bonchev–Trinajstić information content (AvgIpc) is 3.26. The monoisotopic (exact) mass is 521 g/mol. The Bertz CT molecular complexity index is 1450. The van der Waals surface area contributed by atoms with Gasteiger partial charge in [-0.05, 0) is 57.0 Å². The summed E-state index contributed by atoms with van der Waals surface area (Å²) in [6, 6.07) is 3.72. The summed E-state index contributed by atoms with van der Waals surface area (Å²) in [4.78, 5) is 62.3. The van der Waals surface area contributed by atoms with Crippen LogP contribution >= 0.6 is 0 Å². The van der Waals surface area contributed by atoms with Crippen LogP contribution in [0.4, 0.5) is 10.5 Å². The normalized spacial score (nSPS) is 11.8. The highest BCUT2D eigenvalue weighted by Crippen LogP contribution is 2.17. The van der Waals surface area contributed by atoms with Crippen LogP contribution in [0.5, 0.6) is 0 Å². The molecule has 0 saturated heterocycles. The molecule has 0 fully saturated rings. The highest BCUT2D eigenvalue weighted by Gasteiger charge is 2.21. The molecule has 0 aromatic carbocycles. The van der Waals surface area contributed by atoms with Gasteiger partial charge >= 0.3 is 6.09 Å². The first-order valence-corrected chi connectivity index (χ1v) is 11.9. The fourth-order valence-electron chi connectivity index (χ4n) is 3.61. The van der Waals surface area contributed by atoms with Gasteiger partial charge in [0.25, 0.3) is 5.56 Å². The molecule has 200 valence electrons. The number of hydrogen-bond acceptors (Lipinski definition) is 6. The lowest BCUT2D eigenvalue weighted by Crippen LogP contribution is -2.44. The maximum Gasteiger partial charge on any atom is 0.405 e. The molecule has 3 aromatic heterocycles. The molecule has 4 N–H and O–H groups in total. The summed E-state index contributed by atoms with van der Waals surface area (Å²) in [5, 5.41) is 13.8. The van der Waals surface area contributed by atoms with E-state index in [0.717, 1.165) is 16.8 Å². The maximum absolute atomic E-state index is 13.1. The van der Waals surface area contributed by atoms with Gasteiger partial charge in [-0.1, -0.05) is 11.6 Å². The highest BCUT2D eigenvalue weighted by atomic mass is 16.4. The number of imidazole rings is 1. The Kier molecular flexibility index (Phi) is 9.14. The van der Waals surface area contributed by atoms with E-state index in [4.69, 9.17) is 5.11 Å². The zero-order chi connectivity index (χ0) is 27.8. The molecule has 3 rings (SSSR count). The topological polar surface area (TPSA) is 162 Å². The minimum atomic E-state index is -1.38. The van der Waals surface area contributed by atoms with Gasteiger partial charge in [-0.25, -0.2) is 9.78 Å². The van der Waals surface area contributed by atoms with E-state index >= 15 is 0 Å². The minimum absolute atomic E-state index is 0.00368. The van der Waals surface area contributed by atoms with Crippen LogP contribution in [-0.4, -0.2) is 67.6 Å². The number of carbonyl (C=O) groups excluding carboxylic acids is 2.